The van der Waals surface area contributed by atoms with Crippen LogP contribution < -0.4 is 0 Å². The molecule has 0 aromatic carbocycles. The lowest BCUT2D eigenvalue weighted by atomic mass is 9.98. The summed E-state index contributed by atoms with van der Waals surface area (Å²) < 4.78 is 0.756. The van der Waals surface area contributed by atoms with Crippen LogP contribution >= 0.6 is 22.9 Å². The second-order valence-electron chi connectivity index (χ2n) is 5.36. The predicted octanol–water partition coefficient (Wildman–Crippen LogP) is 2.06. The van der Waals surface area contributed by atoms with E-state index in [0.717, 1.165) is 35.1 Å². The maximum atomic E-state index is 12.2. The number of carbonyl (C=O) groups excluding carboxylic acids is 1. The largest absolute Gasteiger partial charge is 0.396 e. The average molecular weight is 317 g/mol. The van der Waals surface area contributed by atoms with E-state index < -0.39 is 0 Å². The Morgan fingerprint density at radius 3 is 2.75 bits per heavy atom. The summed E-state index contributed by atoms with van der Waals surface area (Å²) in [5.74, 6) is 0.546. The van der Waals surface area contributed by atoms with E-state index in [1.165, 1.54) is 11.3 Å². The van der Waals surface area contributed by atoms with Crippen molar-refractivity contribution < 1.29 is 9.90 Å². The van der Waals surface area contributed by atoms with E-state index in [-0.39, 0.29) is 12.5 Å². The van der Waals surface area contributed by atoms with Crippen LogP contribution in [0.5, 0.6) is 0 Å². The van der Waals surface area contributed by atoms with Crippen LogP contribution in [0.3, 0.4) is 0 Å². The third kappa shape index (κ3) is 4.45. The summed E-state index contributed by atoms with van der Waals surface area (Å²) in [6.07, 6.45) is 1.96. The molecule has 2 heterocycles. The first-order valence-corrected chi connectivity index (χ1v) is 8.09. The van der Waals surface area contributed by atoms with Gasteiger partial charge in [-0.1, -0.05) is 11.6 Å². The topological polar surface area (TPSA) is 43.8 Å². The molecule has 1 aromatic rings. The molecular weight excluding hydrogens is 296 g/mol. The zero-order chi connectivity index (χ0) is 14.5. The Morgan fingerprint density at radius 2 is 2.20 bits per heavy atom. The number of hydrogen-bond acceptors (Lipinski definition) is 4. The first-order chi connectivity index (χ1) is 9.58. The summed E-state index contributed by atoms with van der Waals surface area (Å²) in [5.41, 5.74) is 0. The minimum atomic E-state index is 0.136. The van der Waals surface area contributed by atoms with Crippen LogP contribution in [-0.2, 0) is 11.3 Å². The number of carbonyl (C=O) groups is 1. The maximum absolute atomic E-state index is 12.2. The van der Waals surface area contributed by atoms with Crippen molar-refractivity contribution in [1.82, 2.24) is 9.80 Å². The zero-order valence-electron chi connectivity index (χ0n) is 11.7. The monoisotopic (exact) mass is 316 g/mol. The standard InChI is InChI=1S/C14H21ClN2O2S/c1-16(8-12-2-3-13(15)20-12)14(19)9-17-6-4-11(10-18)5-7-17/h2-3,11,18H,4-10H2,1H3. The molecule has 1 saturated heterocycles. The van der Waals surface area contributed by atoms with E-state index in [9.17, 15) is 4.79 Å². The normalized spacial score (nSPS) is 17.4. The first-order valence-electron chi connectivity index (χ1n) is 6.90. The zero-order valence-corrected chi connectivity index (χ0v) is 13.3. The van der Waals surface area contributed by atoms with Crippen molar-refractivity contribution in [1.29, 1.82) is 0 Å². The summed E-state index contributed by atoms with van der Waals surface area (Å²) in [6.45, 7) is 3.14. The molecular formula is C14H21ClN2O2S. The Hall–Kier alpha value is -0.620. The minimum absolute atomic E-state index is 0.136. The van der Waals surface area contributed by atoms with Crippen molar-refractivity contribution in [2.75, 3.05) is 33.3 Å². The number of amides is 1. The molecule has 0 radical (unpaired) electrons. The molecule has 1 fully saturated rings. The van der Waals surface area contributed by atoms with Gasteiger partial charge in [0, 0.05) is 18.5 Å². The fourth-order valence-corrected chi connectivity index (χ4v) is 3.54. The maximum Gasteiger partial charge on any atom is 0.236 e. The molecule has 0 aliphatic carbocycles. The van der Waals surface area contributed by atoms with Gasteiger partial charge in [0.15, 0.2) is 0 Å². The molecule has 0 unspecified atom stereocenters. The van der Waals surface area contributed by atoms with Gasteiger partial charge in [-0.3, -0.25) is 9.69 Å². The number of aliphatic hydroxyl groups is 1. The Labute approximate surface area is 128 Å². The number of nitrogens with zero attached hydrogens (tertiary/aromatic N) is 2. The minimum Gasteiger partial charge on any atom is -0.396 e. The molecule has 1 N–H and O–H groups in total. The van der Waals surface area contributed by atoms with Crippen LogP contribution in [0.4, 0.5) is 0 Å². The lowest BCUT2D eigenvalue weighted by molar-refractivity contribution is -0.132. The van der Waals surface area contributed by atoms with Gasteiger partial charge in [0.1, 0.15) is 0 Å². The fourth-order valence-electron chi connectivity index (χ4n) is 2.40. The average Bonchev–Trinajstić information content (AvgIpc) is 2.85. The first kappa shape index (κ1) is 15.8. The van der Waals surface area contributed by atoms with Crippen molar-refractivity contribution in [3.63, 3.8) is 0 Å². The van der Waals surface area contributed by atoms with Crippen molar-refractivity contribution in [2.24, 2.45) is 5.92 Å². The Morgan fingerprint density at radius 1 is 1.50 bits per heavy atom. The van der Waals surface area contributed by atoms with Gasteiger partial charge in [-0.2, -0.15) is 0 Å². The second kappa shape index (κ2) is 7.41. The van der Waals surface area contributed by atoms with Crippen molar-refractivity contribution in [2.45, 2.75) is 19.4 Å². The van der Waals surface area contributed by atoms with Crippen molar-refractivity contribution in [3.05, 3.63) is 21.3 Å². The van der Waals surface area contributed by atoms with Crippen LogP contribution in [0.15, 0.2) is 12.1 Å². The predicted molar refractivity (Wildman–Crippen MR) is 82.1 cm³/mol. The highest BCUT2D eigenvalue weighted by Gasteiger charge is 2.21. The third-order valence-electron chi connectivity index (χ3n) is 3.77. The molecule has 0 bridgehead atoms. The van der Waals surface area contributed by atoms with E-state index in [0.29, 0.717) is 19.0 Å². The van der Waals surface area contributed by atoms with E-state index in [1.807, 2.05) is 19.2 Å². The molecule has 112 valence electrons. The molecule has 2 rings (SSSR count). The quantitative estimate of drug-likeness (QED) is 0.904. The molecule has 0 spiro atoms. The van der Waals surface area contributed by atoms with Gasteiger partial charge in [-0.15, -0.1) is 11.3 Å². The van der Waals surface area contributed by atoms with Gasteiger partial charge in [0.2, 0.25) is 5.91 Å². The van der Waals surface area contributed by atoms with Gasteiger partial charge < -0.3 is 10.0 Å². The molecule has 1 aromatic heterocycles. The van der Waals surface area contributed by atoms with Crippen LogP contribution in [-0.4, -0.2) is 54.1 Å². The second-order valence-corrected chi connectivity index (χ2v) is 7.16. The number of thiophene rings is 1. The van der Waals surface area contributed by atoms with Gasteiger partial charge in [-0.05, 0) is 44.0 Å². The molecule has 1 aliphatic heterocycles. The van der Waals surface area contributed by atoms with Crippen LogP contribution in [0, 0.1) is 5.92 Å². The van der Waals surface area contributed by atoms with Crippen molar-refractivity contribution >= 4 is 28.8 Å². The number of hydrogen-bond donors (Lipinski definition) is 1. The van der Waals surface area contributed by atoms with Crippen LogP contribution in [0.1, 0.15) is 17.7 Å². The highest BCUT2D eigenvalue weighted by molar-refractivity contribution is 7.16. The Kier molecular flexibility index (Phi) is 5.84. The number of aliphatic hydroxyl groups excluding tert-OH is 1. The van der Waals surface area contributed by atoms with E-state index in [4.69, 9.17) is 16.7 Å². The van der Waals surface area contributed by atoms with Gasteiger partial charge in [-0.25, -0.2) is 0 Å². The third-order valence-corrected chi connectivity index (χ3v) is 4.99. The summed E-state index contributed by atoms with van der Waals surface area (Å²) >= 11 is 7.41. The van der Waals surface area contributed by atoms with Crippen molar-refractivity contribution in [3.8, 4) is 0 Å². The van der Waals surface area contributed by atoms with Gasteiger partial charge in [0.05, 0.1) is 17.4 Å². The molecule has 20 heavy (non-hydrogen) atoms. The number of likely N-dealkylation sites (N-methyl/N-ethyl adjacent to an activating group) is 1. The van der Waals surface area contributed by atoms with E-state index >= 15 is 0 Å². The van der Waals surface area contributed by atoms with E-state index in [2.05, 4.69) is 4.90 Å². The molecule has 4 nitrogen and oxygen atoms in total. The molecule has 1 aliphatic rings. The fraction of sp³-hybridized carbons (Fsp3) is 0.643. The molecule has 1 amide bonds. The summed E-state index contributed by atoms with van der Waals surface area (Å²) in [6, 6.07) is 3.82. The lowest BCUT2D eigenvalue weighted by Crippen LogP contribution is -2.42. The lowest BCUT2D eigenvalue weighted by Gasteiger charge is -2.31. The summed E-state index contributed by atoms with van der Waals surface area (Å²) in [4.78, 5) is 17.2. The molecule has 6 heteroatoms. The summed E-state index contributed by atoms with van der Waals surface area (Å²) in [5, 5.41) is 9.11. The van der Waals surface area contributed by atoms with E-state index in [1.54, 1.807) is 4.90 Å². The Balaban J connectivity index is 1.76. The number of likely N-dealkylation sites (tertiary alicyclic amines) is 1. The van der Waals surface area contributed by atoms with Crippen LogP contribution in [0.2, 0.25) is 4.34 Å². The SMILES string of the molecule is CN(Cc1ccc(Cl)s1)C(=O)CN1CCC(CO)CC1. The Bertz CT molecular complexity index is 444. The van der Waals surface area contributed by atoms with Gasteiger partial charge >= 0.3 is 0 Å². The van der Waals surface area contributed by atoms with Crippen LogP contribution in [0.25, 0.3) is 0 Å². The molecule has 0 saturated carbocycles. The summed E-state index contributed by atoms with van der Waals surface area (Å²) in [7, 11) is 1.83. The number of rotatable bonds is 5. The smallest absolute Gasteiger partial charge is 0.236 e. The highest BCUT2D eigenvalue weighted by atomic mass is 35.5. The molecule has 0 atom stereocenters. The van der Waals surface area contributed by atoms with Gasteiger partial charge in [0.25, 0.3) is 0 Å². The number of halogens is 1. The number of piperidine rings is 1. The highest BCUT2D eigenvalue weighted by Crippen LogP contribution is 2.22.